The van der Waals surface area contributed by atoms with Crippen LogP contribution in [-0.4, -0.2) is 25.2 Å². The molecular formula is C17H26IN3O. The minimum absolute atomic E-state index is 0. The summed E-state index contributed by atoms with van der Waals surface area (Å²) >= 11 is 0. The lowest BCUT2D eigenvalue weighted by molar-refractivity contribution is 0.240. The van der Waals surface area contributed by atoms with Gasteiger partial charge in [-0.3, -0.25) is 0 Å². The topological polar surface area (TPSA) is 45.7 Å². The number of hydrogen-bond donors (Lipinski definition) is 2. The van der Waals surface area contributed by atoms with E-state index in [-0.39, 0.29) is 30.1 Å². The van der Waals surface area contributed by atoms with E-state index >= 15 is 0 Å². The Bertz CT molecular complexity index is 521. The molecular weight excluding hydrogens is 389 g/mol. The molecule has 22 heavy (non-hydrogen) atoms. The van der Waals surface area contributed by atoms with Gasteiger partial charge in [-0.15, -0.1) is 30.4 Å². The first kappa shape index (κ1) is 20.6. The van der Waals surface area contributed by atoms with Crippen LogP contribution in [0.3, 0.4) is 0 Å². The van der Waals surface area contributed by atoms with Crippen molar-refractivity contribution in [3.8, 4) is 18.1 Å². The van der Waals surface area contributed by atoms with Gasteiger partial charge in [-0.05, 0) is 39.3 Å². The second-order valence-electron chi connectivity index (χ2n) is 5.03. The monoisotopic (exact) mass is 415 g/mol. The molecule has 0 aliphatic heterocycles. The number of aryl methyl sites for hydroxylation is 1. The highest BCUT2D eigenvalue weighted by atomic mass is 127. The van der Waals surface area contributed by atoms with Crippen molar-refractivity contribution in [1.29, 1.82) is 0 Å². The standard InChI is InChI=1S/C17H25N3O.HI/c1-6-10-19-17(18-7-2)20-12-15-9-8-14(5)11-16(15)21-13(3)4;/h1,8-9,11,13H,7,10,12H2,2-5H3,(H2,18,19,20);1H. The molecule has 0 bridgehead atoms. The molecule has 0 heterocycles. The van der Waals surface area contributed by atoms with E-state index in [1.165, 1.54) is 5.56 Å². The molecule has 0 saturated carbocycles. The molecule has 5 heteroatoms. The van der Waals surface area contributed by atoms with Gasteiger partial charge in [0.1, 0.15) is 5.75 Å². The van der Waals surface area contributed by atoms with Gasteiger partial charge in [-0.25, -0.2) is 4.99 Å². The Balaban J connectivity index is 0.00000441. The molecule has 1 aromatic carbocycles. The van der Waals surface area contributed by atoms with Crippen LogP contribution in [0.4, 0.5) is 0 Å². The fraction of sp³-hybridized carbons (Fsp3) is 0.471. The summed E-state index contributed by atoms with van der Waals surface area (Å²) in [4.78, 5) is 4.54. The van der Waals surface area contributed by atoms with E-state index in [4.69, 9.17) is 11.2 Å². The second kappa shape index (κ2) is 11.2. The van der Waals surface area contributed by atoms with E-state index in [9.17, 15) is 0 Å². The smallest absolute Gasteiger partial charge is 0.192 e. The van der Waals surface area contributed by atoms with Gasteiger partial charge in [-0.2, -0.15) is 0 Å². The Morgan fingerprint density at radius 2 is 2.09 bits per heavy atom. The zero-order valence-corrected chi connectivity index (χ0v) is 16.1. The Morgan fingerprint density at radius 1 is 1.36 bits per heavy atom. The first-order valence-electron chi connectivity index (χ1n) is 7.28. The van der Waals surface area contributed by atoms with Crippen LogP contribution in [0.5, 0.6) is 5.75 Å². The molecule has 0 saturated heterocycles. The second-order valence-corrected chi connectivity index (χ2v) is 5.03. The molecule has 0 aliphatic rings. The maximum atomic E-state index is 5.86. The van der Waals surface area contributed by atoms with E-state index in [1.54, 1.807) is 0 Å². The number of benzene rings is 1. The fourth-order valence-electron chi connectivity index (χ4n) is 1.80. The highest BCUT2D eigenvalue weighted by Gasteiger charge is 2.06. The van der Waals surface area contributed by atoms with Gasteiger partial charge in [0, 0.05) is 12.1 Å². The Kier molecular flexibility index (Phi) is 10.5. The van der Waals surface area contributed by atoms with Crippen molar-refractivity contribution in [3.05, 3.63) is 29.3 Å². The van der Waals surface area contributed by atoms with Crippen LogP contribution in [0.2, 0.25) is 0 Å². The van der Waals surface area contributed by atoms with Crippen LogP contribution in [0.15, 0.2) is 23.2 Å². The number of guanidine groups is 1. The van der Waals surface area contributed by atoms with Crippen molar-refractivity contribution in [2.24, 2.45) is 4.99 Å². The van der Waals surface area contributed by atoms with Crippen molar-refractivity contribution in [2.45, 2.75) is 40.3 Å². The average molecular weight is 415 g/mol. The lowest BCUT2D eigenvalue weighted by Gasteiger charge is -2.15. The van der Waals surface area contributed by atoms with E-state index in [0.717, 1.165) is 17.9 Å². The number of nitrogens with one attached hydrogen (secondary N) is 2. The van der Waals surface area contributed by atoms with Crippen molar-refractivity contribution in [1.82, 2.24) is 10.6 Å². The van der Waals surface area contributed by atoms with E-state index in [2.05, 4.69) is 40.6 Å². The lowest BCUT2D eigenvalue weighted by Crippen LogP contribution is -2.37. The maximum absolute atomic E-state index is 5.86. The van der Waals surface area contributed by atoms with Gasteiger partial charge in [0.25, 0.3) is 0 Å². The molecule has 1 aromatic rings. The first-order chi connectivity index (χ1) is 10.1. The van der Waals surface area contributed by atoms with Crippen LogP contribution < -0.4 is 15.4 Å². The number of hydrogen-bond acceptors (Lipinski definition) is 2. The molecule has 2 N–H and O–H groups in total. The highest BCUT2D eigenvalue weighted by molar-refractivity contribution is 14.0. The average Bonchev–Trinajstić information content (AvgIpc) is 2.43. The molecule has 0 fully saturated rings. The van der Waals surface area contributed by atoms with E-state index in [0.29, 0.717) is 19.0 Å². The molecule has 0 unspecified atom stereocenters. The number of nitrogens with zero attached hydrogens (tertiary/aromatic N) is 1. The normalized spacial score (nSPS) is 10.6. The molecule has 4 nitrogen and oxygen atoms in total. The van der Waals surface area contributed by atoms with Crippen molar-refractivity contribution >= 4 is 29.9 Å². The largest absolute Gasteiger partial charge is 0.491 e. The Morgan fingerprint density at radius 3 is 2.68 bits per heavy atom. The van der Waals surface area contributed by atoms with E-state index in [1.807, 2.05) is 26.8 Å². The lowest BCUT2D eigenvalue weighted by atomic mass is 10.1. The van der Waals surface area contributed by atoms with Crippen LogP contribution in [0.1, 0.15) is 31.9 Å². The minimum atomic E-state index is 0. The Labute approximate surface area is 151 Å². The number of rotatable bonds is 6. The number of aliphatic imine (C=N–C) groups is 1. The summed E-state index contributed by atoms with van der Waals surface area (Å²) in [5.41, 5.74) is 2.24. The number of ether oxygens (including phenoxy) is 1. The SMILES string of the molecule is C#CCNC(=NCc1ccc(C)cc1OC(C)C)NCC.I. The van der Waals surface area contributed by atoms with Gasteiger partial charge in [0.2, 0.25) is 0 Å². The quantitative estimate of drug-likeness (QED) is 0.325. The summed E-state index contributed by atoms with van der Waals surface area (Å²) in [7, 11) is 0. The summed E-state index contributed by atoms with van der Waals surface area (Å²) in [5, 5.41) is 6.24. The maximum Gasteiger partial charge on any atom is 0.192 e. The summed E-state index contributed by atoms with van der Waals surface area (Å²) in [6.45, 7) is 9.91. The van der Waals surface area contributed by atoms with Gasteiger partial charge in [-0.1, -0.05) is 18.1 Å². The summed E-state index contributed by atoms with van der Waals surface area (Å²) < 4.78 is 5.86. The van der Waals surface area contributed by atoms with Crippen LogP contribution in [0, 0.1) is 19.3 Å². The molecule has 0 amide bonds. The molecule has 0 spiro atoms. The third-order valence-electron chi connectivity index (χ3n) is 2.69. The molecule has 0 atom stereocenters. The summed E-state index contributed by atoms with van der Waals surface area (Å²) in [5.74, 6) is 4.15. The van der Waals surface area contributed by atoms with Crippen molar-refractivity contribution in [3.63, 3.8) is 0 Å². The van der Waals surface area contributed by atoms with Gasteiger partial charge >= 0.3 is 0 Å². The Hall–Kier alpha value is -1.42. The van der Waals surface area contributed by atoms with Crippen LogP contribution >= 0.6 is 24.0 Å². The minimum Gasteiger partial charge on any atom is -0.491 e. The zero-order valence-electron chi connectivity index (χ0n) is 13.8. The van der Waals surface area contributed by atoms with Crippen molar-refractivity contribution < 1.29 is 4.74 Å². The molecule has 1 rings (SSSR count). The third-order valence-corrected chi connectivity index (χ3v) is 2.69. The van der Waals surface area contributed by atoms with Gasteiger partial charge in [0.15, 0.2) is 5.96 Å². The van der Waals surface area contributed by atoms with Crippen molar-refractivity contribution in [2.75, 3.05) is 13.1 Å². The zero-order chi connectivity index (χ0) is 15.7. The number of terminal acetylenes is 1. The third kappa shape index (κ3) is 7.55. The number of halogens is 1. The van der Waals surface area contributed by atoms with Gasteiger partial charge < -0.3 is 15.4 Å². The van der Waals surface area contributed by atoms with Crippen LogP contribution in [0.25, 0.3) is 0 Å². The van der Waals surface area contributed by atoms with Crippen LogP contribution in [-0.2, 0) is 6.54 Å². The summed E-state index contributed by atoms with van der Waals surface area (Å²) in [6, 6.07) is 6.17. The molecule has 122 valence electrons. The van der Waals surface area contributed by atoms with Gasteiger partial charge in [0.05, 0.1) is 19.2 Å². The first-order valence-corrected chi connectivity index (χ1v) is 7.28. The van der Waals surface area contributed by atoms with E-state index < -0.39 is 0 Å². The molecule has 0 radical (unpaired) electrons. The molecule has 0 aliphatic carbocycles. The highest BCUT2D eigenvalue weighted by Crippen LogP contribution is 2.22. The predicted molar refractivity (Wildman–Crippen MR) is 104 cm³/mol. The summed E-state index contributed by atoms with van der Waals surface area (Å²) in [6.07, 6.45) is 5.40. The predicted octanol–water partition coefficient (Wildman–Crippen LogP) is 3.09. The fourth-order valence-corrected chi connectivity index (χ4v) is 1.80. The molecule has 0 aromatic heterocycles.